The monoisotopic (exact) mass is 321 g/mol. The van der Waals surface area contributed by atoms with Gasteiger partial charge in [0.05, 0.1) is 7.11 Å². The quantitative estimate of drug-likeness (QED) is 0.918. The second-order valence-corrected chi connectivity index (χ2v) is 6.29. The Hall–Kier alpha value is -1.66. The normalized spacial score (nSPS) is 16.0. The molecule has 22 heavy (non-hydrogen) atoms. The summed E-state index contributed by atoms with van der Waals surface area (Å²) in [5.74, 6) is 0.505. The summed E-state index contributed by atoms with van der Waals surface area (Å²) in [5.41, 5.74) is 0.866. The minimum absolute atomic E-state index is 0.226. The third-order valence-electron chi connectivity index (χ3n) is 4.01. The van der Waals surface area contributed by atoms with Gasteiger partial charge in [0, 0.05) is 42.8 Å². The molecule has 0 amide bonds. The molecule has 1 fully saturated rings. The molecule has 2 heterocycles. The number of piperidine rings is 1. The summed E-state index contributed by atoms with van der Waals surface area (Å²) in [5, 5.41) is 6.63. The molecule has 3 rings (SSSR count). The number of methoxy groups -OCH3 is 1. The van der Waals surface area contributed by atoms with Crippen molar-refractivity contribution < 1.29 is 9.13 Å². The number of thiazole rings is 1. The Bertz CT molecular complexity index is 597. The number of halogens is 1. The van der Waals surface area contributed by atoms with Gasteiger partial charge in [0.25, 0.3) is 0 Å². The molecule has 4 nitrogen and oxygen atoms in total. The topological polar surface area (TPSA) is 37.4 Å². The van der Waals surface area contributed by atoms with E-state index in [2.05, 4.69) is 15.2 Å². The molecule has 6 heteroatoms. The van der Waals surface area contributed by atoms with E-state index < -0.39 is 0 Å². The lowest BCUT2D eigenvalue weighted by Crippen LogP contribution is -2.42. The van der Waals surface area contributed by atoms with Crippen molar-refractivity contribution in [3.05, 3.63) is 41.2 Å². The van der Waals surface area contributed by atoms with E-state index >= 15 is 0 Å². The van der Waals surface area contributed by atoms with Crippen molar-refractivity contribution >= 4 is 16.5 Å². The van der Waals surface area contributed by atoms with E-state index in [-0.39, 0.29) is 5.82 Å². The highest BCUT2D eigenvalue weighted by atomic mass is 32.1. The van der Waals surface area contributed by atoms with Crippen molar-refractivity contribution in [2.75, 3.05) is 25.1 Å². The summed E-state index contributed by atoms with van der Waals surface area (Å²) in [6.07, 6.45) is 3.98. The molecular formula is C16H20FN3OS. The number of aromatic nitrogens is 1. The molecule has 0 saturated carbocycles. The molecule has 0 bridgehead atoms. The Balaban J connectivity index is 1.52. The summed E-state index contributed by atoms with van der Waals surface area (Å²) in [4.78, 5) is 6.68. The Morgan fingerprint density at radius 3 is 2.91 bits per heavy atom. The number of hydrogen-bond donors (Lipinski definition) is 1. The highest BCUT2D eigenvalue weighted by Crippen LogP contribution is 2.23. The summed E-state index contributed by atoms with van der Waals surface area (Å²) in [7, 11) is 1.61. The van der Waals surface area contributed by atoms with Crippen molar-refractivity contribution in [3.63, 3.8) is 0 Å². The lowest BCUT2D eigenvalue weighted by atomic mass is 10.0. The van der Waals surface area contributed by atoms with E-state index in [1.165, 1.54) is 12.1 Å². The third-order valence-corrected chi connectivity index (χ3v) is 4.84. The molecule has 1 saturated heterocycles. The van der Waals surface area contributed by atoms with Crippen LogP contribution in [0, 0.1) is 5.82 Å². The molecule has 0 atom stereocenters. The summed E-state index contributed by atoms with van der Waals surface area (Å²) in [6.45, 7) is 2.64. The standard InChI is InChI=1S/C16H20FN3OS/c1-21-15-3-2-13(17)10-12(15)11-19-14-4-7-20(8-5-14)16-18-6-9-22-16/h2-3,6,9-10,14,19H,4-5,7-8,11H2,1H3. The van der Waals surface area contributed by atoms with Crippen molar-refractivity contribution in [1.82, 2.24) is 10.3 Å². The molecule has 1 aliphatic heterocycles. The van der Waals surface area contributed by atoms with Gasteiger partial charge in [-0.2, -0.15) is 0 Å². The molecule has 118 valence electrons. The fraction of sp³-hybridized carbons (Fsp3) is 0.438. The lowest BCUT2D eigenvalue weighted by molar-refractivity contribution is 0.390. The summed E-state index contributed by atoms with van der Waals surface area (Å²) < 4.78 is 18.6. The van der Waals surface area contributed by atoms with E-state index in [1.54, 1.807) is 24.5 Å². The van der Waals surface area contributed by atoms with E-state index in [1.807, 2.05) is 11.6 Å². The van der Waals surface area contributed by atoms with Crippen LogP contribution in [-0.2, 0) is 6.54 Å². The minimum atomic E-state index is -0.226. The first-order chi connectivity index (χ1) is 10.8. The maximum absolute atomic E-state index is 13.4. The second kappa shape index (κ2) is 7.07. The van der Waals surface area contributed by atoms with Crippen molar-refractivity contribution in [2.24, 2.45) is 0 Å². The number of hydrogen-bond acceptors (Lipinski definition) is 5. The molecular weight excluding hydrogens is 301 g/mol. The average molecular weight is 321 g/mol. The van der Waals surface area contributed by atoms with Gasteiger partial charge in [0.1, 0.15) is 11.6 Å². The smallest absolute Gasteiger partial charge is 0.185 e. The zero-order valence-electron chi connectivity index (χ0n) is 12.6. The number of ether oxygens (including phenoxy) is 1. The van der Waals surface area contributed by atoms with Gasteiger partial charge in [-0.1, -0.05) is 0 Å². The van der Waals surface area contributed by atoms with Gasteiger partial charge in [-0.05, 0) is 31.0 Å². The predicted octanol–water partition coefficient (Wildman–Crippen LogP) is 3.05. The minimum Gasteiger partial charge on any atom is -0.496 e. The Kier molecular flexibility index (Phi) is 4.90. The van der Waals surface area contributed by atoms with Crippen LogP contribution in [0.3, 0.4) is 0 Å². The second-order valence-electron chi connectivity index (χ2n) is 5.41. The van der Waals surface area contributed by atoms with Gasteiger partial charge >= 0.3 is 0 Å². The summed E-state index contributed by atoms with van der Waals surface area (Å²) in [6, 6.07) is 5.09. The Morgan fingerprint density at radius 2 is 2.23 bits per heavy atom. The van der Waals surface area contributed by atoms with Crippen LogP contribution < -0.4 is 15.0 Å². The summed E-state index contributed by atoms with van der Waals surface area (Å²) >= 11 is 1.68. The van der Waals surface area contributed by atoms with Gasteiger partial charge in [-0.15, -0.1) is 11.3 Å². The molecule has 2 aromatic rings. The van der Waals surface area contributed by atoms with Gasteiger partial charge in [0.15, 0.2) is 5.13 Å². The fourth-order valence-corrected chi connectivity index (χ4v) is 3.48. The molecule has 0 radical (unpaired) electrons. The maximum atomic E-state index is 13.4. The third kappa shape index (κ3) is 3.56. The van der Waals surface area contributed by atoms with E-state index in [0.29, 0.717) is 12.6 Å². The molecule has 1 aromatic heterocycles. The first-order valence-corrected chi connectivity index (χ1v) is 8.34. The number of rotatable bonds is 5. The van der Waals surface area contributed by atoms with Crippen LogP contribution >= 0.6 is 11.3 Å². The number of nitrogens with zero attached hydrogens (tertiary/aromatic N) is 2. The van der Waals surface area contributed by atoms with E-state index in [4.69, 9.17) is 4.74 Å². The van der Waals surface area contributed by atoms with Gasteiger partial charge in [-0.3, -0.25) is 0 Å². The maximum Gasteiger partial charge on any atom is 0.185 e. The van der Waals surface area contributed by atoms with Gasteiger partial charge in [-0.25, -0.2) is 9.37 Å². The largest absolute Gasteiger partial charge is 0.496 e. The molecule has 1 aliphatic rings. The van der Waals surface area contributed by atoms with Crippen LogP contribution in [-0.4, -0.2) is 31.2 Å². The Morgan fingerprint density at radius 1 is 1.41 bits per heavy atom. The number of anilines is 1. The first kappa shape index (κ1) is 15.2. The molecule has 1 N–H and O–H groups in total. The lowest BCUT2D eigenvalue weighted by Gasteiger charge is -2.32. The number of benzene rings is 1. The highest BCUT2D eigenvalue weighted by molar-refractivity contribution is 7.13. The van der Waals surface area contributed by atoms with Crippen molar-refractivity contribution in [3.8, 4) is 5.75 Å². The molecule has 0 aliphatic carbocycles. The highest BCUT2D eigenvalue weighted by Gasteiger charge is 2.20. The predicted molar refractivity (Wildman–Crippen MR) is 87.1 cm³/mol. The van der Waals surface area contributed by atoms with Crippen LogP contribution in [0.15, 0.2) is 29.8 Å². The molecule has 0 spiro atoms. The van der Waals surface area contributed by atoms with Gasteiger partial charge < -0.3 is 15.0 Å². The van der Waals surface area contributed by atoms with Crippen LogP contribution in [0.2, 0.25) is 0 Å². The van der Waals surface area contributed by atoms with Crippen molar-refractivity contribution in [2.45, 2.75) is 25.4 Å². The SMILES string of the molecule is COc1ccc(F)cc1CNC1CCN(c2nccs2)CC1. The fourth-order valence-electron chi connectivity index (χ4n) is 2.79. The van der Waals surface area contributed by atoms with Gasteiger partial charge in [0.2, 0.25) is 0 Å². The Labute approximate surface area is 133 Å². The van der Waals surface area contributed by atoms with Crippen LogP contribution in [0.1, 0.15) is 18.4 Å². The van der Waals surface area contributed by atoms with E-state index in [9.17, 15) is 4.39 Å². The molecule has 1 aromatic carbocycles. The average Bonchev–Trinajstić information content (AvgIpc) is 3.08. The van der Waals surface area contributed by atoms with Crippen LogP contribution in [0.4, 0.5) is 9.52 Å². The van der Waals surface area contributed by atoms with Crippen LogP contribution in [0.25, 0.3) is 0 Å². The number of nitrogens with one attached hydrogen (secondary N) is 1. The molecule has 0 unspecified atom stereocenters. The van der Waals surface area contributed by atoms with E-state index in [0.717, 1.165) is 42.4 Å². The van der Waals surface area contributed by atoms with Crippen LogP contribution in [0.5, 0.6) is 5.75 Å². The van der Waals surface area contributed by atoms with Crippen molar-refractivity contribution in [1.29, 1.82) is 0 Å². The zero-order valence-corrected chi connectivity index (χ0v) is 13.4. The first-order valence-electron chi connectivity index (χ1n) is 7.46. The zero-order chi connectivity index (χ0) is 15.4.